The molecule has 1 atom stereocenters. The molecule has 0 heterocycles. The lowest BCUT2D eigenvalue weighted by atomic mass is 10.1. The summed E-state index contributed by atoms with van der Waals surface area (Å²) in [6.07, 6.45) is 0.813. The molecule has 0 radical (unpaired) electrons. The van der Waals surface area contributed by atoms with Crippen LogP contribution in [-0.2, 0) is 25.6 Å². The summed E-state index contributed by atoms with van der Waals surface area (Å²) in [5.74, 6) is -0.320. The number of carbonyl (C=O) groups is 2. The lowest BCUT2D eigenvalue weighted by molar-refractivity contribution is -0.129. The van der Waals surface area contributed by atoms with Gasteiger partial charge in [-0.3, -0.25) is 4.79 Å². The number of methoxy groups -OCH3 is 2. The number of thiocarbonyl (C=S) groups is 1. The van der Waals surface area contributed by atoms with E-state index in [1.807, 2.05) is 37.3 Å². The van der Waals surface area contributed by atoms with E-state index < -0.39 is 18.4 Å². The largest absolute Gasteiger partial charge is 0.445 e. The zero-order valence-electron chi connectivity index (χ0n) is 17.2. The number of alkyl carbamates (subject to hydrolysis) is 1. The van der Waals surface area contributed by atoms with Crippen LogP contribution in [0.4, 0.5) is 4.79 Å². The molecule has 0 spiro atoms. The Kier molecular flexibility index (Phi) is 12.6. The van der Waals surface area contributed by atoms with E-state index in [2.05, 4.69) is 16.0 Å². The van der Waals surface area contributed by atoms with E-state index in [1.54, 1.807) is 0 Å². The van der Waals surface area contributed by atoms with Crippen LogP contribution in [0.1, 0.15) is 31.7 Å². The first-order chi connectivity index (χ1) is 14.0. The second-order valence-electron chi connectivity index (χ2n) is 6.38. The van der Waals surface area contributed by atoms with E-state index >= 15 is 0 Å². The van der Waals surface area contributed by atoms with Crippen molar-refractivity contribution < 1.29 is 23.8 Å². The second kappa shape index (κ2) is 14.7. The second-order valence-corrected chi connectivity index (χ2v) is 7.00. The van der Waals surface area contributed by atoms with Crippen molar-refractivity contribution in [2.75, 3.05) is 27.3 Å². The molecule has 0 bridgehead atoms. The fourth-order valence-corrected chi connectivity index (χ4v) is 2.59. The minimum atomic E-state index is -0.721. The molecule has 1 aromatic rings. The standard InChI is InChI=1S/C20H31N3O5S/c1-15(29)21-12-8-7-11-17(19(24)22-13-18(26-2)27-3)23-20(25)28-14-16-9-5-4-6-10-16/h4-6,9-10,17-18H,7-8,11-14H2,1-3H3,(H,21,29)(H,22,24)(H,23,25)/t17-/m0/s1. The van der Waals surface area contributed by atoms with Crippen LogP contribution in [0, 0.1) is 0 Å². The van der Waals surface area contributed by atoms with Crippen LogP contribution in [0.3, 0.4) is 0 Å². The third-order valence-corrected chi connectivity index (χ3v) is 4.23. The predicted octanol–water partition coefficient (Wildman–Crippen LogP) is 2.12. The zero-order chi connectivity index (χ0) is 21.5. The molecule has 3 N–H and O–H groups in total. The van der Waals surface area contributed by atoms with Crippen LogP contribution in [0.2, 0.25) is 0 Å². The number of rotatable bonds is 13. The molecule has 9 heteroatoms. The third-order valence-electron chi connectivity index (χ3n) is 4.08. The van der Waals surface area contributed by atoms with Gasteiger partial charge >= 0.3 is 6.09 Å². The fourth-order valence-electron chi connectivity index (χ4n) is 2.48. The molecule has 0 unspecified atom stereocenters. The van der Waals surface area contributed by atoms with Gasteiger partial charge in [-0.15, -0.1) is 0 Å². The lowest BCUT2D eigenvalue weighted by Gasteiger charge is -2.20. The van der Waals surface area contributed by atoms with Gasteiger partial charge in [0, 0.05) is 20.8 Å². The maximum Gasteiger partial charge on any atom is 0.408 e. The van der Waals surface area contributed by atoms with Gasteiger partial charge in [0.1, 0.15) is 12.6 Å². The van der Waals surface area contributed by atoms with Crippen molar-refractivity contribution in [1.82, 2.24) is 16.0 Å². The molecule has 2 amide bonds. The molecule has 0 aliphatic carbocycles. The van der Waals surface area contributed by atoms with Gasteiger partial charge in [-0.2, -0.15) is 0 Å². The number of nitrogens with one attached hydrogen (secondary N) is 3. The Hall–Kier alpha value is -2.23. The van der Waals surface area contributed by atoms with E-state index in [9.17, 15) is 9.59 Å². The average molecular weight is 426 g/mol. The molecule has 0 aliphatic heterocycles. The number of benzene rings is 1. The molecule has 0 saturated carbocycles. The number of carbonyl (C=O) groups excluding carboxylic acids is 2. The van der Waals surface area contributed by atoms with E-state index in [4.69, 9.17) is 26.4 Å². The quantitative estimate of drug-likeness (QED) is 0.253. The Morgan fingerprint density at radius 1 is 1.07 bits per heavy atom. The van der Waals surface area contributed by atoms with Gasteiger partial charge < -0.3 is 30.2 Å². The monoisotopic (exact) mass is 425 g/mol. The highest BCUT2D eigenvalue weighted by Crippen LogP contribution is 2.04. The van der Waals surface area contributed by atoms with Gasteiger partial charge in [-0.25, -0.2) is 4.79 Å². The summed E-state index contributed by atoms with van der Waals surface area (Å²) in [6, 6.07) is 8.62. The van der Waals surface area contributed by atoms with Crippen LogP contribution in [0.25, 0.3) is 0 Å². The molecule has 162 valence electrons. The molecule has 1 rings (SSSR count). The molecule has 8 nitrogen and oxygen atoms in total. The van der Waals surface area contributed by atoms with Gasteiger partial charge in [0.15, 0.2) is 6.29 Å². The van der Waals surface area contributed by atoms with E-state index in [-0.39, 0.29) is 19.1 Å². The summed E-state index contributed by atoms with van der Waals surface area (Å²) in [7, 11) is 2.98. The average Bonchev–Trinajstić information content (AvgIpc) is 2.72. The molecule has 0 saturated heterocycles. The van der Waals surface area contributed by atoms with Crippen LogP contribution in [0.15, 0.2) is 30.3 Å². The lowest BCUT2D eigenvalue weighted by Crippen LogP contribution is -2.48. The molecule has 0 aromatic heterocycles. The van der Waals surface area contributed by atoms with E-state index in [0.717, 1.165) is 29.9 Å². The minimum absolute atomic E-state index is 0.133. The van der Waals surface area contributed by atoms with Gasteiger partial charge in [-0.1, -0.05) is 42.5 Å². The van der Waals surface area contributed by atoms with Crippen LogP contribution in [0.5, 0.6) is 0 Å². The van der Waals surface area contributed by atoms with Gasteiger partial charge in [0.25, 0.3) is 0 Å². The normalized spacial score (nSPS) is 11.6. The summed E-state index contributed by atoms with van der Waals surface area (Å²) < 4.78 is 15.4. The van der Waals surface area contributed by atoms with Crippen molar-refractivity contribution in [3.8, 4) is 0 Å². The van der Waals surface area contributed by atoms with Crippen LogP contribution in [-0.4, -0.2) is 56.6 Å². The Labute approximate surface area is 177 Å². The van der Waals surface area contributed by atoms with Crippen LogP contribution >= 0.6 is 12.2 Å². The topological polar surface area (TPSA) is 97.9 Å². The number of hydrogen-bond donors (Lipinski definition) is 3. The molecule has 0 fully saturated rings. The fraction of sp³-hybridized carbons (Fsp3) is 0.550. The molecular formula is C20H31N3O5S. The smallest absolute Gasteiger partial charge is 0.408 e. The Morgan fingerprint density at radius 3 is 2.38 bits per heavy atom. The maximum absolute atomic E-state index is 12.5. The highest BCUT2D eigenvalue weighted by Gasteiger charge is 2.22. The minimum Gasteiger partial charge on any atom is -0.445 e. The van der Waals surface area contributed by atoms with Crippen molar-refractivity contribution >= 4 is 29.2 Å². The first-order valence-corrected chi connectivity index (χ1v) is 9.92. The Balaban J connectivity index is 2.53. The predicted molar refractivity (Wildman–Crippen MR) is 114 cm³/mol. The number of ether oxygens (including phenoxy) is 3. The van der Waals surface area contributed by atoms with Gasteiger partial charge in [0.05, 0.1) is 11.5 Å². The maximum atomic E-state index is 12.5. The first kappa shape index (κ1) is 24.8. The summed E-state index contributed by atoms with van der Waals surface area (Å²) in [6.45, 7) is 2.85. The van der Waals surface area contributed by atoms with Crippen LogP contribution < -0.4 is 16.0 Å². The number of hydrogen-bond acceptors (Lipinski definition) is 6. The molecule has 29 heavy (non-hydrogen) atoms. The molecule has 0 aliphatic rings. The Morgan fingerprint density at radius 2 is 1.76 bits per heavy atom. The van der Waals surface area contributed by atoms with Crippen molar-refractivity contribution in [2.24, 2.45) is 0 Å². The highest BCUT2D eigenvalue weighted by molar-refractivity contribution is 7.80. The van der Waals surface area contributed by atoms with Gasteiger partial charge in [0.2, 0.25) is 5.91 Å². The summed E-state index contributed by atoms with van der Waals surface area (Å²) >= 11 is 4.97. The van der Waals surface area contributed by atoms with E-state index in [1.165, 1.54) is 14.2 Å². The first-order valence-electron chi connectivity index (χ1n) is 9.51. The number of unbranched alkanes of at least 4 members (excludes halogenated alkanes) is 1. The SMILES string of the molecule is COC(CNC(=O)[C@H](CCCCNC(C)=S)NC(=O)OCc1ccccc1)OC. The van der Waals surface area contributed by atoms with Crippen molar-refractivity contribution in [3.05, 3.63) is 35.9 Å². The van der Waals surface area contributed by atoms with Crippen molar-refractivity contribution in [2.45, 2.75) is 45.1 Å². The summed E-state index contributed by atoms with van der Waals surface area (Å²) in [4.78, 5) is 25.4. The highest BCUT2D eigenvalue weighted by atomic mass is 32.1. The third kappa shape index (κ3) is 11.4. The number of amides is 2. The van der Waals surface area contributed by atoms with Gasteiger partial charge in [-0.05, 0) is 31.7 Å². The Bertz CT molecular complexity index is 626. The molecule has 1 aromatic carbocycles. The van der Waals surface area contributed by atoms with E-state index in [0.29, 0.717) is 6.42 Å². The van der Waals surface area contributed by atoms with Crippen molar-refractivity contribution in [1.29, 1.82) is 0 Å². The summed E-state index contributed by atoms with van der Waals surface area (Å²) in [5, 5.41) is 8.44. The van der Waals surface area contributed by atoms with Crippen molar-refractivity contribution in [3.63, 3.8) is 0 Å². The zero-order valence-corrected chi connectivity index (χ0v) is 18.1. The molecular weight excluding hydrogens is 394 g/mol. The summed E-state index contributed by atoms with van der Waals surface area (Å²) in [5.41, 5.74) is 0.869.